The molecule has 0 aromatic carbocycles. The van der Waals surface area contributed by atoms with Crippen LogP contribution in [0.15, 0.2) is 22.9 Å². The monoisotopic (exact) mass is 231 g/mol. The Balaban J connectivity index is 1.73. The van der Waals surface area contributed by atoms with Gasteiger partial charge in [0.2, 0.25) is 11.8 Å². The van der Waals surface area contributed by atoms with Gasteiger partial charge in [0.05, 0.1) is 0 Å². The van der Waals surface area contributed by atoms with E-state index in [0.29, 0.717) is 18.3 Å². The Labute approximate surface area is 98.5 Å². The van der Waals surface area contributed by atoms with Crippen LogP contribution in [0.4, 0.5) is 0 Å². The molecule has 0 bridgehead atoms. The van der Waals surface area contributed by atoms with Gasteiger partial charge in [-0.25, -0.2) is 0 Å². The molecule has 0 atom stereocenters. The van der Waals surface area contributed by atoms with E-state index in [1.165, 1.54) is 0 Å². The molecule has 2 aromatic heterocycles. The molecule has 2 heterocycles. The predicted molar refractivity (Wildman–Crippen MR) is 59.6 cm³/mol. The summed E-state index contributed by atoms with van der Waals surface area (Å²) >= 11 is 0. The number of rotatable bonds is 4. The molecule has 1 aliphatic rings. The molecule has 1 saturated carbocycles. The Morgan fingerprint density at radius 2 is 2.35 bits per heavy atom. The minimum absolute atomic E-state index is 0.255. The molecule has 5 nitrogen and oxygen atoms in total. The van der Waals surface area contributed by atoms with E-state index in [-0.39, 0.29) is 11.7 Å². The fourth-order valence-electron chi connectivity index (χ4n) is 1.82. The molecule has 88 valence electrons. The Morgan fingerprint density at radius 1 is 1.53 bits per heavy atom. The van der Waals surface area contributed by atoms with Gasteiger partial charge in [-0.3, -0.25) is 4.79 Å². The van der Waals surface area contributed by atoms with Gasteiger partial charge in [0, 0.05) is 30.8 Å². The lowest BCUT2D eigenvalue weighted by molar-refractivity contribution is 0.0967. The first-order valence-electron chi connectivity index (χ1n) is 5.71. The van der Waals surface area contributed by atoms with Crippen molar-refractivity contribution in [2.24, 2.45) is 5.92 Å². The highest BCUT2D eigenvalue weighted by molar-refractivity contribution is 5.99. The minimum atomic E-state index is 0.255. The van der Waals surface area contributed by atoms with Crippen molar-refractivity contribution in [1.82, 2.24) is 14.8 Å². The maximum absolute atomic E-state index is 11.8. The summed E-state index contributed by atoms with van der Waals surface area (Å²) in [5, 5.41) is 7.69. The molecular weight excluding hydrogens is 218 g/mol. The van der Waals surface area contributed by atoms with Crippen LogP contribution in [0.1, 0.15) is 35.0 Å². The van der Waals surface area contributed by atoms with Crippen molar-refractivity contribution in [1.29, 1.82) is 0 Å². The molecular formula is C12H13N3O2. The number of nitrogens with zero attached hydrogens (tertiary/aromatic N) is 3. The lowest BCUT2D eigenvalue weighted by Gasteiger charge is -1.96. The Hall–Kier alpha value is -1.91. The zero-order valence-corrected chi connectivity index (χ0v) is 9.59. The van der Waals surface area contributed by atoms with Crippen LogP contribution in [0.2, 0.25) is 0 Å². The third-order valence-electron chi connectivity index (χ3n) is 2.87. The van der Waals surface area contributed by atoms with E-state index in [1.807, 2.05) is 23.0 Å². The zero-order valence-electron chi connectivity index (χ0n) is 9.59. The minimum Gasteiger partial charge on any atom is -0.424 e. The standard InChI is InChI=1S/C12H13N3O2/c1-8-13-14-11(17-8)7-15-5-4-10(6-15)12(16)9-2-3-9/h4-6,9H,2-3,7H2,1H3. The van der Waals surface area contributed by atoms with Crippen LogP contribution in [0.5, 0.6) is 0 Å². The molecule has 0 spiro atoms. The molecule has 0 N–H and O–H groups in total. The average Bonchev–Trinajstić information content (AvgIpc) is 2.93. The van der Waals surface area contributed by atoms with E-state index in [2.05, 4.69) is 10.2 Å². The summed E-state index contributed by atoms with van der Waals surface area (Å²) in [4.78, 5) is 11.8. The molecule has 0 radical (unpaired) electrons. The first-order valence-corrected chi connectivity index (χ1v) is 5.71. The van der Waals surface area contributed by atoms with E-state index >= 15 is 0 Å². The first kappa shape index (κ1) is 10.3. The van der Waals surface area contributed by atoms with Crippen molar-refractivity contribution in [2.45, 2.75) is 26.3 Å². The lowest BCUT2D eigenvalue weighted by atomic mass is 10.1. The van der Waals surface area contributed by atoms with Crippen LogP contribution < -0.4 is 0 Å². The second-order valence-electron chi connectivity index (χ2n) is 4.43. The van der Waals surface area contributed by atoms with Gasteiger partial charge in [0.1, 0.15) is 6.54 Å². The third-order valence-corrected chi connectivity index (χ3v) is 2.87. The van der Waals surface area contributed by atoms with Gasteiger partial charge in [-0.15, -0.1) is 10.2 Å². The van der Waals surface area contributed by atoms with Crippen molar-refractivity contribution >= 4 is 5.78 Å². The van der Waals surface area contributed by atoms with Crippen molar-refractivity contribution in [2.75, 3.05) is 0 Å². The van der Waals surface area contributed by atoms with E-state index < -0.39 is 0 Å². The number of ketones is 1. The van der Waals surface area contributed by atoms with Crippen molar-refractivity contribution < 1.29 is 9.21 Å². The van der Waals surface area contributed by atoms with Crippen molar-refractivity contribution in [3.63, 3.8) is 0 Å². The lowest BCUT2D eigenvalue weighted by Crippen LogP contribution is -2.01. The summed E-state index contributed by atoms with van der Waals surface area (Å²) in [6.07, 6.45) is 5.79. The number of Topliss-reactive ketones (excluding diaryl/α,β-unsaturated/α-hetero) is 1. The molecule has 0 unspecified atom stereocenters. The van der Waals surface area contributed by atoms with Crippen molar-refractivity contribution in [3.8, 4) is 0 Å². The van der Waals surface area contributed by atoms with Crippen LogP contribution in [-0.2, 0) is 6.54 Å². The number of aryl methyl sites for hydroxylation is 1. The molecule has 2 aromatic rings. The maximum atomic E-state index is 11.8. The molecule has 1 aliphatic carbocycles. The van der Waals surface area contributed by atoms with E-state index in [1.54, 1.807) is 6.92 Å². The molecule has 0 saturated heterocycles. The highest BCUT2D eigenvalue weighted by atomic mass is 16.4. The van der Waals surface area contributed by atoms with Gasteiger partial charge in [0.25, 0.3) is 0 Å². The zero-order chi connectivity index (χ0) is 11.8. The first-order chi connectivity index (χ1) is 8.22. The summed E-state index contributed by atoms with van der Waals surface area (Å²) in [6, 6.07) is 1.85. The van der Waals surface area contributed by atoms with E-state index in [9.17, 15) is 4.79 Å². The van der Waals surface area contributed by atoms with Gasteiger partial charge in [-0.1, -0.05) is 0 Å². The molecule has 3 rings (SSSR count). The largest absolute Gasteiger partial charge is 0.424 e. The van der Waals surface area contributed by atoms with Gasteiger partial charge < -0.3 is 8.98 Å². The Morgan fingerprint density at radius 3 is 3.00 bits per heavy atom. The molecule has 1 fully saturated rings. The van der Waals surface area contributed by atoms with E-state index in [4.69, 9.17) is 4.42 Å². The highest BCUT2D eigenvalue weighted by Gasteiger charge is 2.30. The number of hydrogen-bond donors (Lipinski definition) is 0. The third kappa shape index (κ3) is 2.13. The van der Waals surface area contributed by atoms with Crippen LogP contribution in [0, 0.1) is 12.8 Å². The average molecular weight is 231 g/mol. The quantitative estimate of drug-likeness (QED) is 0.753. The predicted octanol–water partition coefficient (Wildman–Crippen LogP) is 1.82. The summed E-state index contributed by atoms with van der Waals surface area (Å²) in [7, 11) is 0. The van der Waals surface area contributed by atoms with Gasteiger partial charge >= 0.3 is 0 Å². The number of carbonyl (C=O) groups excluding carboxylic acids is 1. The fourth-order valence-corrected chi connectivity index (χ4v) is 1.82. The Bertz CT molecular complexity index is 552. The maximum Gasteiger partial charge on any atom is 0.236 e. The fraction of sp³-hybridized carbons (Fsp3) is 0.417. The second kappa shape index (κ2) is 3.84. The van der Waals surface area contributed by atoms with Crippen LogP contribution in [0.3, 0.4) is 0 Å². The van der Waals surface area contributed by atoms with Gasteiger partial charge in [0.15, 0.2) is 5.78 Å². The van der Waals surface area contributed by atoms with Crippen LogP contribution >= 0.6 is 0 Å². The Kier molecular flexibility index (Phi) is 2.31. The smallest absolute Gasteiger partial charge is 0.236 e. The van der Waals surface area contributed by atoms with Gasteiger partial charge in [-0.05, 0) is 18.9 Å². The topological polar surface area (TPSA) is 60.9 Å². The van der Waals surface area contributed by atoms with Crippen LogP contribution in [-0.4, -0.2) is 20.5 Å². The molecule has 0 aliphatic heterocycles. The summed E-state index contributed by atoms with van der Waals surface area (Å²) in [5.74, 6) is 1.63. The number of carbonyl (C=O) groups is 1. The van der Waals surface area contributed by atoms with Crippen LogP contribution in [0.25, 0.3) is 0 Å². The number of hydrogen-bond acceptors (Lipinski definition) is 4. The van der Waals surface area contributed by atoms with E-state index in [0.717, 1.165) is 18.4 Å². The van der Waals surface area contributed by atoms with Gasteiger partial charge in [-0.2, -0.15) is 0 Å². The molecule has 0 amide bonds. The second-order valence-corrected chi connectivity index (χ2v) is 4.43. The molecule has 5 heteroatoms. The summed E-state index contributed by atoms with van der Waals surface area (Å²) in [5.41, 5.74) is 0.781. The SMILES string of the molecule is Cc1nnc(Cn2ccc(C(=O)C3CC3)c2)o1. The molecule has 17 heavy (non-hydrogen) atoms. The van der Waals surface area contributed by atoms with Crippen molar-refractivity contribution in [3.05, 3.63) is 35.8 Å². The summed E-state index contributed by atoms with van der Waals surface area (Å²) < 4.78 is 7.18. The normalized spacial score (nSPS) is 15.1. The highest BCUT2D eigenvalue weighted by Crippen LogP contribution is 2.32. The number of aromatic nitrogens is 3. The summed E-state index contributed by atoms with van der Waals surface area (Å²) in [6.45, 7) is 2.27.